The Bertz CT molecular complexity index is 596. The lowest BCUT2D eigenvalue weighted by molar-refractivity contribution is -0.154. The van der Waals surface area contributed by atoms with Gasteiger partial charge in [-0.3, -0.25) is 14.9 Å². The second-order valence-electron chi connectivity index (χ2n) is 5.72. The first-order valence-electron chi connectivity index (χ1n) is 7.91. The summed E-state index contributed by atoms with van der Waals surface area (Å²) in [6, 6.07) is 6.96. The summed E-state index contributed by atoms with van der Waals surface area (Å²) in [5.41, 5.74) is 0.966. The number of imide groups is 1. The molecule has 0 spiro atoms. The van der Waals surface area contributed by atoms with E-state index in [0.717, 1.165) is 24.2 Å². The van der Waals surface area contributed by atoms with E-state index >= 15 is 0 Å². The summed E-state index contributed by atoms with van der Waals surface area (Å²) >= 11 is 0. The van der Waals surface area contributed by atoms with E-state index in [-0.39, 0.29) is 12.5 Å². The minimum absolute atomic E-state index is 0.151. The summed E-state index contributed by atoms with van der Waals surface area (Å²) in [5, 5.41) is 4.79. The number of carbonyl (C=O) groups excluding carboxylic acids is 3. The van der Waals surface area contributed by atoms with Gasteiger partial charge in [0.25, 0.3) is 5.91 Å². The van der Waals surface area contributed by atoms with E-state index in [4.69, 9.17) is 9.47 Å². The van der Waals surface area contributed by atoms with Crippen molar-refractivity contribution >= 4 is 17.9 Å². The predicted molar refractivity (Wildman–Crippen MR) is 86.6 cm³/mol. The third-order valence-electron chi connectivity index (χ3n) is 3.60. The molecule has 0 heterocycles. The highest BCUT2D eigenvalue weighted by Crippen LogP contribution is 2.18. The fourth-order valence-electron chi connectivity index (χ4n) is 2.01. The van der Waals surface area contributed by atoms with Crippen LogP contribution in [0.3, 0.4) is 0 Å². The molecule has 24 heavy (non-hydrogen) atoms. The minimum atomic E-state index is -1.02. The quantitative estimate of drug-likeness (QED) is 0.738. The van der Waals surface area contributed by atoms with E-state index in [1.165, 1.54) is 6.92 Å². The number of hydrogen-bond acceptors (Lipinski definition) is 5. The first-order valence-corrected chi connectivity index (χ1v) is 7.91. The van der Waals surface area contributed by atoms with Crippen LogP contribution in [0.25, 0.3) is 0 Å². The zero-order chi connectivity index (χ0) is 17.5. The summed E-state index contributed by atoms with van der Waals surface area (Å²) < 4.78 is 10.1. The number of benzene rings is 1. The van der Waals surface area contributed by atoms with Crippen molar-refractivity contribution in [1.82, 2.24) is 10.6 Å². The van der Waals surface area contributed by atoms with E-state index in [2.05, 4.69) is 10.6 Å². The van der Waals surface area contributed by atoms with Crippen molar-refractivity contribution in [1.29, 1.82) is 0 Å². The van der Waals surface area contributed by atoms with Gasteiger partial charge < -0.3 is 14.8 Å². The van der Waals surface area contributed by atoms with Crippen molar-refractivity contribution in [2.45, 2.75) is 44.8 Å². The average Bonchev–Trinajstić information content (AvgIpc) is 3.37. The van der Waals surface area contributed by atoms with Gasteiger partial charge in [0.2, 0.25) is 0 Å². The molecule has 1 aliphatic carbocycles. The van der Waals surface area contributed by atoms with Crippen LogP contribution < -0.4 is 15.4 Å². The molecule has 1 aromatic carbocycles. The van der Waals surface area contributed by atoms with Crippen molar-refractivity contribution in [2.75, 3.05) is 7.11 Å². The topological polar surface area (TPSA) is 93.7 Å². The summed E-state index contributed by atoms with van der Waals surface area (Å²) in [6.07, 6.45) is 1.49. The molecule has 1 fully saturated rings. The van der Waals surface area contributed by atoms with E-state index in [0.29, 0.717) is 6.42 Å². The number of esters is 1. The Morgan fingerprint density at radius 2 is 1.88 bits per heavy atom. The Balaban J connectivity index is 1.69. The van der Waals surface area contributed by atoms with Gasteiger partial charge in [-0.25, -0.2) is 4.79 Å². The van der Waals surface area contributed by atoms with Crippen LogP contribution in [-0.4, -0.2) is 37.2 Å². The number of urea groups is 1. The SMILES string of the molecule is COc1ccc(CCC(=O)OC(C)C(=O)NC(=O)NC2CC2)cc1. The Hall–Kier alpha value is -2.57. The van der Waals surface area contributed by atoms with E-state index < -0.39 is 24.0 Å². The van der Waals surface area contributed by atoms with Gasteiger partial charge in [-0.05, 0) is 43.9 Å². The lowest BCUT2D eigenvalue weighted by Crippen LogP contribution is -2.45. The van der Waals surface area contributed by atoms with Crippen LogP contribution in [0.5, 0.6) is 5.75 Å². The first-order chi connectivity index (χ1) is 11.5. The van der Waals surface area contributed by atoms with Crippen molar-refractivity contribution in [3.63, 3.8) is 0 Å². The molecular formula is C17H22N2O5. The fraction of sp³-hybridized carbons (Fsp3) is 0.471. The molecule has 1 aromatic rings. The summed E-state index contributed by atoms with van der Waals surface area (Å²) in [6.45, 7) is 1.44. The van der Waals surface area contributed by atoms with Gasteiger partial charge in [0.1, 0.15) is 5.75 Å². The molecule has 3 amide bonds. The van der Waals surface area contributed by atoms with Crippen molar-refractivity contribution in [3.05, 3.63) is 29.8 Å². The van der Waals surface area contributed by atoms with Gasteiger partial charge in [-0.1, -0.05) is 12.1 Å². The molecule has 0 bridgehead atoms. The van der Waals surface area contributed by atoms with Crippen LogP contribution in [-0.2, 0) is 20.7 Å². The molecule has 1 unspecified atom stereocenters. The van der Waals surface area contributed by atoms with Crippen LogP contribution in [0.4, 0.5) is 4.79 Å². The van der Waals surface area contributed by atoms with Crippen LogP contribution in [0.2, 0.25) is 0 Å². The second kappa shape index (κ2) is 8.33. The third-order valence-corrected chi connectivity index (χ3v) is 3.60. The zero-order valence-corrected chi connectivity index (χ0v) is 13.8. The van der Waals surface area contributed by atoms with Crippen LogP contribution in [0.15, 0.2) is 24.3 Å². The monoisotopic (exact) mass is 334 g/mol. The molecule has 130 valence electrons. The normalized spacial score (nSPS) is 14.4. The molecule has 0 saturated heterocycles. The second-order valence-corrected chi connectivity index (χ2v) is 5.72. The third kappa shape index (κ3) is 5.91. The molecule has 0 radical (unpaired) electrons. The smallest absolute Gasteiger partial charge is 0.321 e. The van der Waals surface area contributed by atoms with Gasteiger partial charge >= 0.3 is 12.0 Å². The van der Waals surface area contributed by atoms with Crippen LogP contribution in [0, 0.1) is 0 Å². The van der Waals surface area contributed by atoms with Gasteiger partial charge in [-0.15, -0.1) is 0 Å². The first kappa shape index (κ1) is 17.8. The van der Waals surface area contributed by atoms with Crippen molar-refractivity contribution in [2.24, 2.45) is 0 Å². The van der Waals surface area contributed by atoms with E-state index in [1.807, 2.05) is 24.3 Å². The zero-order valence-electron chi connectivity index (χ0n) is 13.8. The average molecular weight is 334 g/mol. The molecule has 0 aromatic heterocycles. The largest absolute Gasteiger partial charge is 0.497 e. The Morgan fingerprint density at radius 1 is 1.21 bits per heavy atom. The number of hydrogen-bond donors (Lipinski definition) is 2. The highest BCUT2D eigenvalue weighted by Gasteiger charge is 2.25. The molecule has 2 rings (SSSR count). The van der Waals surface area contributed by atoms with E-state index in [9.17, 15) is 14.4 Å². The van der Waals surface area contributed by atoms with Gasteiger partial charge in [0.05, 0.1) is 7.11 Å². The number of aryl methyl sites for hydroxylation is 1. The number of nitrogens with one attached hydrogen (secondary N) is 2. The molecular weight excluding hydrogens is 312 g/mol. The summed E-state index contributed by atoms with van der Waals surface area (Å²) in [4.78, 5) is 35.0. The molecule has 1 atom stereocenters. The minimum Gasteiger partial charge on any atom is -0.497 e. The maximum atomic E-state index is 11.8. The maximum absolute atomic E-state index is 11.8. The fourth-order valence-corrected chi connectivity index (χ4v) is 2.01. The molecule has 1 saturated carbocycles. The number of methoxy groups -OCH3 is 1. The Kier molecular flexibility index (Phi) is 6.17. The highest BCUT2D eigenvalue weighted by atomic mass is 16.5. The van der Waals surface area contributed by atoms with Crippen molar-refractivity contribution in [3.8, 4) is 5.75 Å². The lowest BCUT2D eigenvalue weighted by atomic mass is 10.1. The van der Waals surface area contributed by atoms with E-state index in [1.54, 1.807) is 7.11 Å². The van der Waals surface area contributed by atoms with Gasteiger partial charge in [0.15, 0.2) is 6.10 Å². The summed E-state index contributed by atoms with van der Waals surface area (Å²) in [5.74, 6) is -0.377. The van der Waals surface area contributed by atoms with Crippen LogP contribution in [0.1, 0.15) is 31.7 Å². The van der Waals surface area contributed by atoms with Crippen LogP contribution >= 0.6 is 0 Å². The molecule has 2 N–H and O–H groups in total. The predicted octanol–water partition coefficient (Wildman–Crippen LogP) is 1.55. The standard InChI is InChI=1S/C17H22N2O5/c1-11(16(21)19-17(22)18-13-6-7-13)24-15(20)10-5-12-3-8-14(23-2)9-4-12/h3-4,8-9,11,13H,5-7,10H2,1-2H3,(H2,18,19,21,22). The maximum Gasteiger partial charge on any atom is 0.321 e. The molecule has 7 nitrogen and oxygen atoms in total. The number of carbonyl (C=O) groups is 3. The van der Waals surface area contributed by atoms with Crippen molar-refractivity contribution < 1.29 is 23.9 Å². The number of amides is 3. The number of rotatable bonds is 7. The molecule has 0 aliphatic heterocycles. The Morgan fingerprint density at radius 3 is 2.46 bits per heavy atom. The highest BCUT2D eigenvalue weighted by molar-refractivity contribution is 5.97. The Labute approximate surface area is 140 Å². The number of ether oxygens (including phenoxy) is 2. The molecule has 7 heteroatoms. The van der Waals surface area contributed by atoms with Gasteiger partial charge in [-0.2, -0.15) is 0 Å². The molecule has 1 aliphatic rings. The summed E-state index contributed by atoms with van der Waals surface area (Å²) in [7, 11) is 1.59. The lowest BCUT2D eigenvalue weighted by Gasteiger charge is -2.13. The van der Waals surface area contributed by atoms with Gasteiger partial charge in [0, 0.05) is 12.5 Å².